The standard InChI is InChI=1S/C22H14Cl2N4O8/c1-34-21(30)17-4-3-13(35-17)10-27-20(29)16(26-22(27)31)8-11-6-14(23)19(15(24)7-11)36-18-5-2-12(9-25-18)28(32)33/h2-9H,10H2,1H3,(H,26,31)/b16-8-. The van der Waals surface area contributed by atoms with Crippen molar-refractivity contribution in [2.24, 2.45) is 0 Å². The van der Waals surface area contributed by atoms with Crippen molar-refractivity contribution in [1.82, 2.24) is 15.2 Å². The number of aromatic nitrogens is 1. The SMILES string of the molecule is COC(=O)c1ccc(CN2C(=O)N/C(=C\c3cc(Cl)c(Oc4ccc([N+](=O)[O-])cn4)c(Cl)c3)C2=O)o1. The summed E-state index contributed by atoms with van der Waals surface area (Å²) in [6, 6.07) is 7.51. The minimum Gasteiger partial charge on any atom is -0.463 e. The lowest BCUT2D eigenvalue weighted by Crippen LogP contribution is -2.30. The van der Waals surface area contributed by atoms with E-state index in [-0.39, 0.29) is 51.1 Å². The lowest BCUT2D eigenvalue weighted by Gasteiger charge is -2.10. The van der Waals surface area contributed by atoms with Gasteiger partial charge in [-0.1, -0.05) is 23.2 Å². The molecule has 14 heteroatoms. The molecule has 1 N–H and O–H groups in total. The van der Waals surface area contributed by atoms with Gasteiger partial charge in [-0.2, -0.15) is 0 Å². The van der Waals surface area contributed by atoms with E-state index >= 15 is 0 Å². The zero-order valence-electron chi connectivity index (χ0n) is 18.2. The van der Waals surface area contributed by atoms with Gasteiger partial charge >= 0.3 is 12.0 Å². The van der Waals surface area contributed by atoms with Gasteiger partial charge in [0.2, 0.25) is 11.6 Å². The molecule has 0 spiro atoms. The Morgan fingerprint density at radius 3 is 2.56 bits per heavy atom. The van der Waals surface area contributed by atoms with E-state index in [4.69, 9.17) is 32.4 Å². The monoisotopic (exact) mass is 532 g/mol. The van der Waals surface area contributed by atoms with Crippen molar-refractivity contribution in [2.75, 3.05) is 7.11 Å². The van der Waals surface area contributed by atoms with Gasteiger partial charge < -0.3 is 19.2 Å². The maximum atomic E-state index is 12.8. The third-order valence-corrected chi connectivity index (χ3v) is 5.36. The highest BCUT2D eigenvalue weighted by atomic mass is 35.5. The van der Waals surface area contributed by atoms with Gasteiger partial charge in [0.15, 0.2) is 5.75 Å². The average Bonchev–Trinajstić information content (AvgIpc) is 3.41. The molecule has 3 amide bonds. The first-order valence-electron chi connectivity index (χ1n) is 9.95. The highest BCUT2D eigenvalue weighted by molar-refractivity contribution is 6.37. The van der Waals surface area contributed by atoms with Crippen LogP contribution in [0.2, 0.25) is 10.0 Å². The van der Waals surface area contributed by atoms with Crippen molar-refractivity contribution >= 4 is 52.9 Å². The first-order chi connectivity index (χ1) is 17.2. The number of methoxy groups -OCH3 is 1. The van der Waals surface area contributed by atoms with E-state index in [1.165, 1.54) is 49.6 Å². The van der Waals surface area contributed by atoms with Crippen molar-refractivity contribution in [3.63, 3.8) is 0 Å². The minimum atomic E-state index is -0.691. The number of nitrogens with zero attached hydrogens (tertiary/aromatic N) is 3. The van der Waals surface area contributed by atoms with Crippen molar-refractivity contribution < 1.29 is 33.2 Å². The number of carbonyl (C=O) groups excluding carboxylic acids is 3. The molecule has 0 aliphatic carbocycles. The highest BCUT2D eigenvalue weighted by Gasteiger charge is 2.34. The fraction of sp³-hybridized carbons (Fsp3) is 0.0909. The molecule has 0 saturated carbocycles. The first-order valence-corrected chi connectivity index (χ1v) is 10.7. The molecule has 1 aliphatic rings. The zero-order chi connectivity index (χ0) is 26.0. The number of furan rings is 1. The molecule has 3 aromatic rings. The Labute approximate surface area is 212 Å². The second-order valence-electron chi connectivity index (χ2n) is 7.16. The number of hydrogen-bond acceptors (Lipinski definition) is 9. The fourth-order valence-electron chi connectivity index (χ4n) is 3.12. The van der Waals surface area contributed by atoms with Gasteiger partial charge in [-0.3, -0.25) is 19.8 Å². The molecule has 1 aromatic carbocycles. The number of amides is 3. The second-order valence-corrected chi connectivity index (χ2v) is 7.98. The Hall–Kier alpha value is -4.42. The number of pyridine rings is 1. The summed E-state index contributed by atoms with van der Waals surface area (Å²) >= 11 is 12.6. The average molecular weight is 533 g/mol. The van der Waals surface area contributed by atoms with E-state index in [0.29, 0.717) is 5.56 Å². The van der Waals surface area contributed by atoms with E-state index in [1.807, 2.05) is 0 Å². The summed E-state index contributed by atoms with van der Waals surface area (Å²) in [5, 5.41) is 13.3. The number of halogens is 2. The van der Waals surface area contributed by atoms with E-state index in [1.54, 1.807) is 0 Å². The van der Waals surface area contributed by atoms with Crippen LogP contribution in [0.1, 0.15) is 21.9 Å². The Morgan fingerprint density at radius 2 is 1.94 bits per heavy atom. The van der Waals surface area contributed by atoms with Crippen LogP contribution in [0.15, 0.2) is 52.7 Å². The lowest BCUT2D eigenvalue weighted by molar-refractivity contribution is -0.385. The van der Waals surface area contributed by atoms with Crippen LogP contribution in [-0.4, -0.2) is 39.8 Å². The van der Waals surface area contributed by atoms with E-state index in [0.717, 1.165) is 11.1 Å². The van der Waals surface area contributed by atoms with E-state index in [9.17, 15) is 24.5 Å². The fourth-order valence-corrected chi connectivity index (χ4v) is 3.70. The Morgan fingerprint density at radius 1 is 1.22 bits per heavy atom. The van der Waals surface area contributed by atoms with Crippen molar-refractivity contribution in [3.05, 3.63) is 85.5 Å². The van der Waals surface area contributed by atoms with Crippen molar-refractivity contribution in [1.29, 1.82) is 0 Å². The number of carbonyl (C=O) groups is 3. The molecular formula is C22H14Cl2N4O8. The summed E-state index contributed by atoms with van der Waals surface area (Å²) in [7, 11) is 1.20. The summed E-state index contributed by atoms with van der Waals surface area (Å²) in [5.41, 5.74) is 0.123. The molecule has 4 rings (SSSR count). The van der Waals surface area contributed by atoms with E-state index in [2.05, 4.69) is 15.0 Å². The van der Waals surface area contributed by atoms with Gasteiger partial charge in [-0.05, 0) is 35.9 Å². The van der Waals surface area contributed by atoms with Crippen LogP contribution >= 0.6 is 23.2 Å². The Bertz CT molecular complexity index is 1390. The predicted octanol–water partition coefficient (Wildman–Crippen LogP) is 4.56. The van der Waals surface area contributed by atoms with Crippen molar-refractivity contribution in [3.8, 4) is 11.6 Å². The highest BCUT2D eigenvalue weighted by Crippen LogP contribution is 2.37. The van der Waals surface area contributed by atoms with Crippen LogP contribution in [-0.2, 0) is 16.1 Å². The number of nitro groups is 1. The molecule has 0 bridgehead atoms. The summed E-state index contributed by atoms with van der Waals surface area (Å²) in [6.45, 7) is -0.213. The zero-order valence-corrected chi connectivity index (χ0v) is 19.7. The number of imide groups is 1. The molecular weight excluding hydrogens is 519 g/mol. The van der Waals surface area contributed by atoms with Gasteiger partial charge in [0, 0.05) is 12.1 Å². The third-order valence-electron chi connectivity index (χ3n) is 4.79. The summed E-state index contributed by atoms with van der Waals surface area (Å²) < 4.78 is 15.4. The van der Waals surface area contributed by atoms with Crippen LogP contribution in [0.5, 0.6) is 11.6 Å². The number of hydrogen-bond donors (Lipinski definition) is 1. The smallest absolute Gasteiger partial charge is 0.373 e. The van der Waals surface area contributed by atoms with Crippen LogP contribution in [0.25, 0.3) is 6.08 Å². The number of nitrogens with one attached hydrogen (secondary N) is 1. The summed E-state index contributed by atoms with van der Waals surface area (Å²) in [6.07, 6.45) is 2.39. The molecule has 1 aliphatic heterocycles. The molecule has 0 unspecified atom stereocenters. The molecule has 0 radical (unpaired) electrons. The molecule has 184 valence electrons. The summed E-state index contributed by atoms with van der Waals surface area (Å²) in [4.78, 5) is 51.5. The number of urea groups is 1. The van der Waals surface area contributed by atoms with Gasteiger partial charge in [0.25, 0.3) is 11.6 Å². The topological polar surface area (TPSA) is 154 Å². The predicted molar refractivity (Wildman–Crippen MR) is 125 cm³/mol. The van der Waals surface area contributed by atoms with Crippen LogP contribution in [0.3, 0.4) is 0 Å². The molecule has 12 nitrogen and oxygen atoms in total. The number of esters is 1. The first kappa shape index (κ1) is 24.7. The van der Waals surface area contributed by atoms with Gasteiger partial charge in [0.05, 0.1) is 28.6 Å². The van der Waals surface area contributed by atoms with Crippen LogP contribution in [0, 0.1) is 10.1 Å². The number of rotatable bonds is 7. The minimum absolute atomic E-state index is 0.0256. The second kappa shape index (κ2) is 10.1. The maximum absolute atomic E-state index is 12.8. The maximum Gasteiger partial charge on any atom is 0.373 e. The van der Waals surface area contributed by atoms with E-state index < -0.39 is 22.8 Å². The molecule has 0 atom stereocenters. The quantitative estimate of drug-likeness (QED) is 0.151. The largest absolute Gasteiger partial charge is 0.463 e. The van der Waals surface area contributed by atoms with Crippen LogP contribution < -0.4 is 10.1 Å². The Balaban J connectivity index is 1.50. The summed E-state index contributed by atoms with van der Waals surface area (Å²) in [5.74, 6) is -1.12. The lowest BCUT2D eigenvalue weighted by atomic mass is 10.1. The normalized spacial score (nSPS) is 14.2. The molecule has 1 saturated heterocycles. The van der Waals surface area contributed by atoms with Gasteiger partial charge in [0.1, 0.15) is 17.7 Å². The van der Waals surface area contributed by atoms with Gasteiger partial charge in [-0.15, -0.1) is 0 Å². The molecule has 36 heavy (non-hydrogen) atoms. The number of ether oxygens (including phenoxy) is 2. The van der Waals surface area contributed by atoms with Crippen LogP contribution in [0.4, 0.5) is 10.5 Å². The molecule has 1 fully saturated rings. The van der Waals surface area contributed by atoms with Gasteiger partial charge in [-0.25, -0.2) is 14.6 Å². The third kappa shape index (κ3) is 5.14. The molecule has 3 heterocycles. The number of benzene rings is 1. The van der Waals surface area contributed by atoms with Crippen molar-refractivity contribution in [2.45, 2.75) is 6.54 Å². The Kier molecular flexibility index (Phi) is 6.90. The molecule has 2 aromatic heterocycles.